The minimum Gasteiger partial charge on any atom is -0.383 e. The molecule has 0 saturated heterocycles. The van der Waals surface area contributed by atoms with Gasteiger partial charge in [-0.2, -0.15) is 4.99 Å². The Bertz CT molecular complexity index is 1190. The van der Waals surface area contributed by atoms with E-state index in [-0.39, 0.29) is 5.91 Å². The van der Waals surface area contributed by atoms with Crippen LogP contribution in [0.4, 0.5) is 0 Å². The van der Waals surface area contributed by atoms with Gasteiger partial charge in [-0.15, -0.1) is 0 Å². The van der Waals surface area contributed by atoms with Crippen molar-refractivity contribution in [3.63, 3.8) is 0 Å². The molecule has 1 heterocycles. The third kappa shape index (κ3) is 3.54. The molecule has 6 heteroatoms. The lowest BCUT2D eigenvalue weighted by molar-refractivity contribution is 0.0997. The van der Waals surface area contributed by atoms with Crippen LogP contribution >= 0.6 is 22.9 Å². The number of thiazole rings is 1. The van der Waals surface area contributed by atoms with E-state index in [4.69, 9.17) is 16.3 Å². The highest BCUT2D eigenvalue weighted by Gasteiger charge is 2.11. The number of hydrogen-bond donors (Lipinski definition) is 0. The van der Waals surface area contributed by atoms with Crippen LogP contribution in [0.1, 0.15) is 10.4 Å². The van der Waals surface area contributed by atoms with Crippen LogP contribution in [0.15, 0.2) is 65.7 Å². The van der Waals surface area contributed by atoms with Gasteiger partial charge in [-0.1, -0.05) is 53.3 Å². The van der Waals surface area contributed by atoms with Crippen LogP contribution in [0.3, 0.4) is 0 Å². The molecule has 0 saturated carbocycles. The zero-order chi connectivity index (χ0) is 18.8. The van der Waals surface area contributed by atoms with Gasteiger partial charge in [0, 0.05) is 29.6 Å². The molecular weight excluding hydrogens is 380 g/mol. The van der Waals surface area contributed by atoms with Crippen LogP contribution in [-0.4, -0.2) is 24.2 Å². The molecule has 0 spiro atoms. The second kappa shape index (κ2) is 7.64. The molecule has 0 unspecified atom stereocenters. The van der Waals surface area contributed by atoms with Crippen molar-refractivity contribution in [2.24, 2.45) is 4.99 Å². The number of carbonyl (C=O) groups excluding carboxylic acids is 1. The van der Waals surface area contributed by atoms with Crippen molar-refractivity contribution >= 4 is 49.8 Å². The number of amides is 1. The number of nitrogens with zero attached hydrogens (tertiary/aromatic N) is 2. The minimum absolute atomic E-state index is 0.284. The maximum Gasteiger partial charge on any atom is 0.279 e. The summed E-state index contributed by atoms with van der Waals surface area (Å²) in [6, 6.07) is 19.2. The van der Waals surface area contributed by atoms with E-state index in [0.29, 0.717) is 28.5 Å². The van der Waals surface area contributed by atoms with E-state index in [1.165, 1.54) is 16.7 Å². The molecule has 1 aromatic heterocycles. The number of ether oxygens (including phenoxy) is 1. The standard InChI is InChI=1S/C21H17ClN2O2S/c1-26-13-12-24-18-11-8-14-4-2-3-5-17(14)19(18)27-21(24)23-20(25)15-6-9-16(22)10-7-15/h2-11H,12-13H2,1H3. The summed E-state index contributed by atoms with van der Waals surface area (Å²) in [4.78, 5) is 17.7. The number of halogens is 1. The Morgan fingerprint density at radius 2 is 1.89 bits per heavy atom. The molecule has 0 atom stereocenters. The molecule has 0 bridgehead atoms. The number of fused-ring (bicyclic) bond motifs is 3. The summed E-state index contributed by atoms with van der Waals surface area (Å²) in [6.45, 7) is 1.17. The van der Waals surface area contributed by atoms with Gasteiger partial charge in [0.2, 0.25) is 0 Å². The Hall–Kier alpha value is -2.47. The molecule has 0 fully saturated rings. The SMILES string of the molecule is COCCn1c(=NC(=O)c2ccc(Cl)cc2)sc2c3ccccc3ccc21. The molecule has 1 amide bonds. The van der Waals surface area contributed by atoms with Gasteiger partial charge in [0.15, 0.2) is 4.80 Å². The van der Waals surface area contributed by atoms with E-state index < -0.39 is 0 Å². The van der Waals surface area contributed by atoms with Gasteiger partial charge in [-0.25, -0.2) is 0 Å². The van der Waals surface area contributed by atoms with Crippen LogP contribution in [0.25, 0.3) is 21.0 Å². The van der Waals surface area contributed by atoms with Crippen LogP contribution in [0.5, 0.6) is 0 Å². The van der Waals surface area contributed by atoms with Gasteiger partial charge >= 0.3 is 0 Å². The van der Waals surface area contributed by atoms with Gasteiger partial charge in [0.05, 0.1) is 16.8 Å². The van der Waals surface area contributed by atoms with Crippen LogP contribution < -0.4 is 4.80 Å². The molecular formula is C21H17ClN2O2S. The molecule has 0 aliphatic heterocycles. The van der Waals surface area contributed by atoms with Gasteiger partial charge in [-0.3, -0.25) is 4.79 Å². The number of hydrogen-bond acceptors (Lipinski definition) is 3. The molecule has 0 aliphatic rings. The molecule has 0 radical (unpaired) electrons. The van der Waals surface area contributed by atoms with Crippen molar-refractivity contribution in [3.05, 3.63) is 76.1 Å². The van der Waals surface area contributed by atoms with Gasteiger partial charge < -0.3 is 9.30 Å². The van der Waals surface area contributed by atoms with Crippen molar-refractivity contribution in [2.45, 2.75) is 6.54 Å². The smallest absolute Gasteiger partial charge is 0.279 e. The largest absolute Gasteiger partial charge is 0.383 e. The van der Waals surface area contributed by atoms with E-state index >= 15 is 0 Å². The zero-order valence-electron chi connectivity index (χ0n) is 14.7. The van der Waals surface area contributed by atoms with E-state index in [1.807, 2.05) is 16.7 Å². The van der Waals surface area contributed by atoms with Crippen molar-refractivity contribution in [1.82, 2.24) is 4.57 Å². The molecule has 136 valence electrons. The normalized spacial score (nSPS) is 12.1. The molecule has 0 aliphatic carbocycles. The zero-order valence-corrected chi connectivity index (χ0v) is 16.3. The van der Waals surface area contributed by atoms with E-state index in [9.17, 15) is 4.79 Å². The predicted octanol–water partition coefficient (Wildman–Crippen LogP) is 4.90. The Labute approximate surface area is 165 Å². The minimum atomic E-state index is -0.284. The first-order chi connectivity index (χ1) is 13.2. The third-order valence-electron chi connectivity index (χ3n) is 4.38. The number of aromatic nitrogens is 1. The van der Waals surface area contributed by atoms with Gasteiger partial charge in [-0.05, 0) is 35.7 Å². The Morgan fingerprint density at radius 3 is 2.67 bits per heavy atom. The first-order valence-corrected chi connectivity index (χ1v) is 9.71. The average molecular weight is 397 g/mol. The summed E-state index contributed by atoms with van der Waals surface area (Å²) in [7, 11) is 1.67. The fourth-order valence-electron chi connectivity index (χ4n) is 3.03. The number of benzene rings is 3. The maximum atomic E-state index is 12.6. The van der Waals surface area contributed by atoms with E-state index in [2.05, 4.69) is 29.3 Å². The fraction of sp³-hybridized carbons (Fsp3) is 0.143. The fourth-order valence-corrected chi connectivity index (χ4v) is 4.34. The van der Waals surface area contributed by atoms with Crippen LogP contribution in [0.2, 0.25) is 5.02 Å². The Morgan fingerprint density at radius 1 is 1.11 bits per heavy atom. The van der Waals surface area contributed by atoms with Gasteiger partial charge in [0.25, 0.3) is 5.91 Å². The van der Waals surface area contributed by atoms with Gasteiger partial charge in [0.1, 0.15) is 0 Å². The molecule has 4 aromatic rings. The highest BCUT2D eigenvalue weighted by atomic mass is 35.5. The Balaban J connectivity index is 1.91. The van der Waals surface area contributed by atoms with E-state index in [0.717, 1.165) is 15.6 Å². The molecule has 0 N–H and O–H groups in total. The molecule has 4 rings (SSSR count). The van der Waals surface area contributed by atoms with Crippen LogP contribution in [0, 0.1) is 0 Å². The highest BCUT2D eigenvalue weighted by Crippen LogP contribution is 2.27. The Kier molecular flexibility index (Phi) is 5.07. The first-order valence-electron chi connectivity index (χ1n) is 8.52. The lowest BCUT2D eigenvalue weighted by Gasteiger charge is -2.05. The first kappa shape index (κ1) is 17.9. The summed E-state index contributed by atoms with van der Waals surface area (Å²) in [5, 5.41) is 2.92. The van der Waals surface area contributed by atoms with Crippen molar-refractivity contribution in [2.75, 3.05) is 13.7 Å². The quantitative estimate of drug-likeness (QED) is 0.492. The number of rotatable bonds is 4. The van der Waals surface area contributed by atoms with Crippen LogP contribution in [-0.2, 0) is 11.3 Å². The second-order valence-corrected chi connectivity index (χ2v) is 7.50. The summed E-state index contributed by atoms with van der Waals surface area (Å²) < 4.78 is 8.41. The van der Waals surface area contributed by atoms with Crippen molar-refractivity contribution < 1.29 is 9.53 Å². The lowest BCUT2D eigenvalue weighted by atomic mass is 10.1. The molecule has 4 nitrogen and oxygen atoms in total. The van der Waals surface area contributed by atoms with Crippen molar-refractivity contribution in [3.8, 4) is 0 Å². The maximum absolute atomic E-state index is 12.6. The number of carbonyl (C=O) groups is 1. The summed E-state index contributed by atoms with van der Waals surface area (Å²) in [5.74, 6) is -0.284. The predicted molar refractivity (Wildman–Crippen MR) is 111 cm³/mol. The summed E-state index contributed by atoms with van der Waals surface area (Å²) in [6.07, 6.45) is 0. The number of methoxy groups -OCH3 is 1. The van der Waals surface area contributed by atoms with Crippen molar-refractivity contribution in [1.29, 1.82) is 0 Å². The van der Waals surface area contributed by atoms with E-state index in [1.54, 1.807) is 31.4 Å². The highest BCUT2D eigenvalue weighted by molar-refractivity contribution is 7.17. The second-order valence-electron chi connectivity index (χ2n) is 6.09. The monoisotopic (exact) mass is 396 g/mol. The molecule has 3 aromatic carbocycles. The lowest BCUT2D eigenvalue weighted by Crippen LogP contribution is -2.19. The topological polar surface area (TPSA) is 43.6 Å². The third-order valence-corrected chi connectivity index (χ3v) is 5.76. The molecule has 27 heavy (non-hydrogen) atoms. The summed E-state index contributed by atoms with van der Waals surface area (Å²) >= 11 is 7.43. The average Bonchev–Trinajstić information content (AvgIpc) is 3.04. The summed E-state index contributed by atoms with van der Waals surface area (Å²) in [5.41, 5.74) is 1.57.